The minimum Gasteiger partial charge on any atom is -0.311 e. The van der Waals surface area contributed by atoms with Gasteiger partial charge in [-0.2, -0.15) is 0 Å². The molecule has 0 aromatic carbocycles. The van der Waals surface area contributed by atoms with Gasteiger partial charge in [0.05, 0.1) is 5.01 Å². The van der Waals surface area contributed by atoms with Gasteiger partial charge in [0.2, 0.25) is 0 Å². The smallest absolute Gasteiger partial charge is 0.0965 e. The van der Waals surface area contributed by atoms with Gasteiger partial charge in [0, 0.05) is 45.9 Å². The maximum absolute atomic E-state index is 4.36. The van der Waals surface area contributed by atoms with Gasteiger partial charge < -0.3 is 5.32 Å². The molecule has 104 valence electrons. The molecule has 0 saturated heterocycles. The Morgan fingerprint density at radius 3 is 2.95 bits per heavy atom. The largest absolute Gasteiger partial charge is 0.311 e. The quantitative estimate of drug-likeness (QED) is 0.704. The van der Waals surface area contributed by atoms with Gasteiger partial charge in [0.1, 0.15) is 0 Å². The molecule has 0 amide bonds. The molecule has 1 unspecified atom stereocenters. The highest BCUT2D eigenvalue weighted by atomic mass is 32.1. The van der Waals surface area contributed by atoms with Crippen molar-refractivity contribution in [1.82, 2.24) is 10.3 Å². The molecule has 0 spiro atoms. The fourth-order valence-corrected chi connectivity index (χ4v) is 4.36. The van der Waals surface area contributed by atoms with E-state index in [0.29, 0.717) is 5.92 Å². The summed E-state index contributed by atoms with van der Waals surface area (Å²) in [4.78, 5) is 7.10. The van der Waals surface area contributed by atoms with Crippen molar-refractivity contribution in [3.05, 3.63) is 50.4 Å². The van der Waals surface area contributed by atoms with E-state index in [-0.39, 0.29) is 0 Å². The molecule has 20 heavy (non-hydrogen) atoms. The summed E-state index contributed by atoms with van der Waals surface area (Å²) in [6, 6.07) is 6.57. The van der Waals surface area contributed by atoms with Crippen LogP contribution in [-0.2, 0) is 6.54 Å². The molecule has 5 heteroatoms. The van der Waals surface area contributed by atoms with E-state index >= 15 is 0 Å². The van der Waals surface area contributed by atoms with E-state index in [9.17, 15) is 0 Å². The summed E-state index contributed by atoms with van der Waals surface area (Å²) in [6.45, 7) is 4.13. The maximum atomic E-state index is 4.36. The Kier molecular flexibility index (Phi) is 4.62. The second-order valence-corrected chi connectivity index (χ2v) is 7.55. The molecule has 3 aromatic rings. The highest BCUT2D eigenvalue weighted by Gasteiger charge is 2.08. The molecule has 0 saturated carbocycles. The van der Waals surface area contributed by atoms with Crippen molar-refractivity contribution >= 4 is 34.0 Å². The van der Waals surface area contributed by atoms with Crippen LogP contribution in [0, 0.1) is 0 Å². The summed E-state index contributed by atoms with van der Waals surface area (Å²) < 4.78 is 0. The maximum Gasteiger partial charge on any atom is 0.0965 e. The number of hydrogen-bond acceptors (Lipinski definition) is 5. The molecule has 0 fully saturated rings. The molecular weight excluding hydrogens is 304 g/mol. The summed E-state index contributed by atoms with van der Waals surface area (Å²) in [5.74, 6) is 0.478. The van der Waals surface area contributed by atoms with Crippen LogP contribution in [-0.4, -0.2) is 11.5 Å². The van der Waals surface area contributed by atoms with Crippen LogP contribution in [0.15, 0.2) is 40.5 Å². The van der Waals surface area contributed by atoms with E-state index in [1.54, 1.807) is 22.7 Å². The topological polar surface area (TPSA) is 24.9 Å². The summed E-state index contributed by atoms with van der Waals surface area (Å²) in [5, 5.41) is 11.1. The molecule has 0 radical (unpaired) electrons. The molecule has 3 heterocycles. The lowest BCUT2D eigenvalue weighted by molar-refractivity contribution is 0.616. The molecule has 0 aliphatic carbocycles. The Labute approximate surface area is 131 Å². The molecule has 0 aliphatic rings. The third-order valence-electron chi connectivity index (χ3n) is 3.08. The Morgan fingerprint density at radius 1 is 1.25 bits per heavy atom. The number of aromatic nitrogens is 1. The molecule has 3 aromatic heterocycles. The van der Waals surface area contributed by atoms with Crippen LogP contribution in [0.4, 0.5) is 0 Å². The van der Waals surface area contributed by atoms with Crippen LogP contribution in [0.5, 0.6) is 0 Å². The van der Waals surface area contributed by atoms with Crippen LogP contribution in [0.25, 0.3) is 10.4 Å². The Hall–Kier alpha value is -1.01. The number of nitrogens with one attached hydrogen (secondary N) is 1. The normalized spacial score (nSPS) is 12.7. The van der Waals surface area contributed by atoms with Crippen molar-refractivity contribution in [3.63, 3.8) is 0 Å². The zero-order valence-electron chi connectivity index (χ0n) is 11.2. The van der Waals surface area contributed by atoms with Crippen LogP contribution in [0.3, 0.4) is 0 Å². The van der Waals surface area contributed by atoms with Gasteiger partial charge >= 0.3 is 0 Å². The molecule has 0 aliphatic heterocycles. The van der Waals surface area contributed by atoms with Gasteiger partial charge in [-0.05, 0) is 22.9 Å². The van der Waals surface area contributed by atoms with Gasteiger partial charge in [0.15, 0.2) is 0 Å². The zero-order valence-corrected chi connectivity index (χ0v) is 13.7. The average molecular weight is 321 g/mol. The Morgan fingerprint density at radius 2 is 2.20 bits per heavy atom. The predicted molar refractivity (Wildman–Crippen MR) is 89.9 cm³/mol. The first-order chi connectivity index (χ1) is 9.83. The van der Waals surface area contributed by atoms with E-state index in [1.807, 2.05) is 22.9 Å². The number of rotatable bonds is 6. The van der Waals surface area contributed by atoms with Gasteiger partial charge in [-0.25, -0.2) is 4.98 Å². The SMILES string of the molecule is CC(CNCc1cc(-c2cccs2)cs1)c1nccs1. The van der Waals surface area contributed by atoms with Gasteiger partial charge in [-0.1, -0.05) is 13.0 Å². The molecule has 1 atom stereocenters. The monoisotopic (exact) mass is 320 g/mol. The summed E-state index contributed by atoms with van der Waals surface area (Å²) >= 11 is 5.36. The first-order valence-electron chi connectivity index (χ1n) is 6.54. The Bertz CT molecular complexity index is 626. The first kappa shape index (κ1) is 13.9. The third-order valence-corrected chi connectivity index (χ3v) is 5.94. The fraction of sp³-hybridized carbons (Fsp3) is 0.267. The van der Waals surface area contributed by atoms with Crippen molar-refractivity contribution in [2.75, 3.05) is 6.54 Å². The minimum absolute atomic E-state index is 0.478. The van der Waals surface area contributed by atoms with E-state index in [0.717, 1.165) is 13.1 Å². The second kappa shape index (κ2) is 6.63. The second-order valence-electron chi connectivity index (χ2n) is 4.68. The fourth-order valence-electron chi connectivity index (χ4n) is 2.02. The van der Waals surface area contributed by atoms with Crippen LogP contribution >= 0.6 is 34.0 Å². The number of hydrogen-bond donors (Lipinski definition) is 1. The van der Waals surface area contributed by atoms with Crippen LogP contribution < -0.4 is 5.32 Å². The van der Waals surface area contributed by atoms with Crippen molar-refractivity contribution in [2.24, 2.45) is 0 Å². The molecule has 0 bridgehead atoms. The van der Waals surface area contributed by atoms with E-state index in [2.05, 4.69) is 46.2 Å². The first-order valence-corrected chi connectivity index (χ1v) is 9.18. The minimum atomic E-state index is 0.478. The lowest BCUT2D eigenvalue weighted by atomic mass is 10.2. The summed E-state index contributed by atoms with van der Waals surface area (Å²) in [5.41, 5.74) is 1.34. The molecule has 1 N–H and O–H groups in total. The van der Waals surface area contributed by atoms with Crippen LogP contribution in [0.1, 0.15) is 22.7 Å². The molecule has 3 rings (SSSR count). The third kappa shape index (κ3) is 3.35. The lowest BCUT2D eigenvalue weighted by Crippen LogP contribution is -2.18. The van der Waals surface area contributed by atoms with Crippen molar-refractivity contribution in [3.8, 4) is 10.4 Å². The standard InChI is InChI=1S/C15H16N2S3/c1-11(15-17-4-6-19-15)8-16-9-13-7-12(10-20-13)14-3-2-5-18-14/h2-7,10-11,16H,8-9H2,1H3. The summed E-state index contributed by atoms with van der Waals surface area (Å²) in [6.07, 6.45) is 1.88. The Balaban J connectivity index is 1.52. The van der Waals surface area contributed by atoms with Crippen LogP contribution in [0.2, 0.25) is 0 Å². The molecular formula is C15H16N2S3. The number of thiazole rings is 1. The predicted octanol–water partition coefficient (Wildman–Crippen LogP) is 4.83. The highest BCUT2D eigenvalue weighted by molar-refractivity contribution is 7.14. The van der Waals surface area contributed by atoms with E-state index < -0.39 is 0 Å². The van der Waals surface area contributed by atoms with Crippen molar-refractivity contribution < 1.29 is 0 Å². The van der Waals surface area contributed by atoms with E-state index in [1.165, 1.54) is 20.3 Å². The number of nitrogens with zero attached hydrogens (tertiary/aromatic N) is 1. The van der Waals surface area contributed by atoms with Gasteiger partial charge in [0.25, 0.3) is 0 Å². The molecule has 2 nitrogen and oxygen atoms in total. The zero-order chi connectivity index (χ0) is 13.8. The van der Waals surface area contributed by atoms with Gasteiger partial charge in [-0.3, -0.25) is 0 Å². The number of thiophene rings is 2. The lowest BCUT2D eigenvalue weighted by Gasteiger charge is -2.08. The van der Waals surface area contributed by atoms with E-state index in [4.69, 9.17) is 0 Å². The van der Waals surface area contributed by atoms with Gasteiger partial charge in [-0.15, -0.1) is 34.0 Å². The van der Waals surface area contributed by atoms with Crippen molar-refractivity contribution in [2.45, 2.75) is 19.4 Å². The summed E-state index contributed by atoms with van der Waals surface area (Å²) in [7, 11) is 0. The van der Waals surface area contributed by atoms with Crippen molar-refractivity contribution in [1.29, 1.82) is 0 Å². The highest BCUT2D eigenvalue weighted by Crippen LogP contribution is 2.29. The average Bonchev–Trinajstić information content (AvgIpc) is 3.20.